The summed E-state index contributed by atoms with van der Waals surface area (Å²) in [7, 11) is 0. The molecule has 0 unspecified atom stereocenters. The standard InChI is InChI=1S/C21H19F2N3O/c22-18-7-6-16(12-19(18)23)25-17-4-2-10-26(13-17)21(27)15-5-8-20-14(11-15)3-1-9-24-20/h1,3,5-9,11-12,17,25H,2,4,10,13H2/t17-/m1/s1. The molecule has 0 aliphatic carbocycles. The van der Waals surface area contributed by atoms with E-state index in [9.17, 15) is 13.6 Å². The molecule has 1 aliphatic heterocycles. The van der Waals surface area contributed by atoms with E-state index in [4.69, 9.17) is 0 Å². The van der Waals surface area contributed by atoms with Crippen molar-refractivity contribution in [3.8, 4) is 0 Å². The van der Waals surface area contributed by atoms with Crippen molar-refractivity contribution in [1.29, 1.82) is 0 Å². The van der Waals surface area contributed by atoms with Gasteiger partial charge in [-0.25, -0.2) is 8.78 Å². The summed E-state index contributed by atoms with van der Waals surface area (Å²) in [6.45, 7) is 1.20. The highest BCUT2D eigenvalue weighted by molar-refractivity contribution is 5.98. The second-order valence-corrected chi connectivity index (χ2v) is 6.77. The highest BCUT2D eigenvalue weighted by atomic mass is 19.2. The molecule has 2 aromatic carbocycles. The van der Waals surface area contributed by atoms with Crippen LogP contribution in [0.3, 0.4) is 0 Å². The highest BCUT2D eigenvalue weighted by Crippen LogP contribution is 2.21. The number of amides is 1. The minimum atomic E-state index is -0.881. The number of fused-ring (bicyclic) bond motifs is 1. The van der Waals surface area contributed by atoms with E-state index in [1.54, 1.807) is 17.2 Å². The molecule has 4 nitrogen and oxygen atoms in total. The molecule has 0 bridgehead atoms. The van der Waals surface area contributed by atoms with Crippen molar-refractivity contribution in [2.75, 3.05) is 18.4 Å². The van der Waals surface area contributed by atoms with Crippen molar-refractivity contribution in [2.24, 2.45) is 0 Å². The molecule has 138 valence electrons. The topological polar surface area (TPSA) is 45.2 Å². The first-order valence-corrected chi connectivity index (χ1v) is 8.96. The molecule has 0 spiro atoms. The van der Waals surface area contributed by atoms with Gasteiger partial charge < -0.3 is 10.2 Å². The number of nitrogens with zero attached hydrogens (tertiary/aromatic N) is 2. The number of halogens is 2. The lowest BCUT2D eigenvalue weighted by Gasteiger charge is -2.34. The quantitative estimate of drug-likeness (QED) is 0.754. The second kappa shape index (κ2) is 7.31. The van der Waals surface area contributed by atoms with Gasteiger partial charge in [-0.15, -0.1) is 0 Å². The number of anilines is 1. The maximum absolute atomic E-state index is 13.4. The predicted molar refractivity (Wildman–Crippen MR) is 101 cm³/mol. The fourth-order valence-corrected chi connectivity index (χ4v) is 3.49. The number of aromatic nitrogens is 1. The van der Waals surface area contributed by atoms with Gasteiger partial charge in [-0.1, -0.05) is 6.07 Å². The monoisotopic (exact) mass is 367 g/mol. The average molecular weight is 367 g/mol. The Morgan fingerprint density at radius 2 is 2.00 bits per heavy atom. The third-order valence-corrected chi connectivity index (χ3v) is 4.85. The Morgan fingerprint density at radius 3 is 2.85 bits per heavy atom. The third kappa shape index (κ3) is 3.74. The third-order valence-electron chi connectivity index (χ3n) is 4.85. The van der Waals surface area contributed by atoms with Crippen LogP contribution in [0.25, 0.3) is 10.9 Å². The van der Waals surface area contributed by atoms with Crippen LogP contribution < -0.4 is 5.32 Å². The zero-order valence-electron chi connectivity index (χ0n) is 14.7. The molecule has 1 fully saturated rings. The molecule has 1 amide bonds. The number of piperidine rings is 1. The Morgan fingerprint density at radius 1 is 1.11 bits per heavy atom. The number of pyridine rings is 1. The minimum absolute atomic E-state index is 0.00492. The van der Waals surface area contributed by atoms with E-state index in [-0.39, 0.29) is 11.9 Å². The summed E-state index contributed by atoms with van der Waals surface area (Å²) in [6, 6.07) is 13.0. The van der Waals surface area contributed by atoms with E-state index in [2.05, 4.69) is 10.3 Å². The Hall–Kier alpha value is -3.02. The first-order valence-electron chi connectivity index (χ1n) is 8.96. The number of nitrogens with one attached hydrogen (secondary N) is 1. The van der Waals surface area contributed by atoms with Crippen LogP contribution in [-0.4, -0.2) is 34.9 Å². The molecule has 0 radical (unpaired) electrons. The first kappa shape index (κ1) is 17.4. The highest BCUT2D eigenvalue weighted by Gasteiger charge is 2.24. The zero-order valence-corrected chi connectivity index (χ0v) is 14.7. The van der Waals surface area contributed by atoms with Gasteiger partial charge in [0.2, 0.25) is 0 Å². The molecular weight excluding hydrogens is 348 g/mol. The zero-order chi connectivity index (χ0) is 18.8. The van der Waals surface area contributed by atoms with E-state index in [1.165, 1.54) is 6.07 Å². The molecule has 1 N–H and O–H groups in total. The summed E-state index contributed by atoms with van der Waals surface area (Å²) < 4.78 is 26.5. The van der Waals surface area contributed by atoms with Crippen molar-refractivity contribution in [2.45, 2.75) is 18.9 Å². The van der Waals surface area contributed by atoms with Gasteiger partial charge >= 0.3 is 0 Å². The number of carbonyl (C=O) groups is 1. The SMILES string of the molecule is O=C(c1ccc2ncccc2c1)N1CCC[C@@H](Nc2ccc(F)c(F)c2)C1. The maximum Gasteiger partial charge on any atom is 0.253 e. The fraction of sp³-hybridized carbons (Fsp3) is 0.238. The molecule has 2 heterocycles. The largest absolute Gasteiger partial charge is 0.380 e. The summed E-state index contributed by atoms with van der Waals surface area (Å²) >= 11 is 0. The van der Waals surface area contributed by atoms with Crippen LogP contribution in [0.4, 0.5) is 14.5 Å². The van der Waals surface area contributed by atoms with Gasteiger partial charge in [0.05, 0.1) is 5.52 Å². The number of benzene rings is 2. The Balaban J connectivity index is 1.48. The Kier molecular flexibility index (Phi) is 4.71. The van der Waals surface area contributed by atoms with Gasteiger partial charge in [0.25, 0.3) is 5.91 Å². The maximum atomic E-state index is 13.4. The number of carbonyl (C=O) groups excluding carboxylic acids is 1. The van der Waals surface area contributed by atoms with Crippen molar-refractivity contribution in [1.82, 2.24) is 9.88 Å². The summed E-state index contributed by atoms with van der Waals surface area (Å²) in [5.74, 6) is -1.78. The van der Waals surface area contributed by atoms with Gasteiger partial charge in [0, 0.05) is 48.0 Å². The molecule has 4 rings (SSSR count). The summed E-state index contributed by atoms with van der Waals surface area (Å²) in [5, 5.41) is 4.13. The average Bonchev–Trinajstić information content (AvgIpc) is 2.70. The lowest BCUT2D eigenvalue weighted by molar-refractivity contribution is 0.0715. The van der Waals surface area contributed by atoms with Crippen molar-refractivity contribution < 1.29 is 13.6 Å². The van der Waals surface area contributed by atoms with E-state index in [0.717, 1.165) is 35.9 Å². The Labute approximate surface area is 155 Å². The van der Waals surface area contributed by atoms with Crippen molar-refractivity contribution in [3.63, 3.8) is 0 Å². The Bertz CT molecular complexity index is 992. The van der Waals surface area contributed by atoms with Crippen LogP contribution in [0.1, 0.15) is 23.2 Å². The minimum Gasteiger partial charge on any atom is -0.380 e. The van der Waals surface area contributed by atoms with E-state index < -0.39 is 11.6 Å². The smallest absolute Gasteiger partial charge is 0.253 e. The molecule has 1 aliphatic rings. The van der Waals surface area contributed by atoms with Crippen LogP contribution in [0.15, 0.2) is 54.7 Å². The number of rotatable bonds is 3. The number of likely N-dealkylation sites (tertiary alicyclic amines) is 1. The van der Waals surface area contributed by atoms with E-state index in [0.29, 0.717) is 24.3 Å². The van der Waals surface area contributed by atoms with Crippen LogP contribution in [0.5, 0.6) is 0 Å². The molecule has 1 saturated heterocycles. The van der Waals surface area contributed by atoms with Gasteiger partial charge in [0.15, 0.2) is 11.6 Å². The molecule has 3 aromatic rings. The van der Waals surface area contributed by atoms with Gasteiger partial charge in [-0.05, 0) is 49.2 Å². The van der Waals surface area contributed by atoms with Crippen LogP contribution in [0.2, 0.25) is 0 Å². The molecule has 0 saturated carbocycles. The lowest BCUT2D eigenvalue weighted by atomic mass is 10.0. The lowest BCUT2D eigenvalue weighted by Crippen LogP contribution is -2.45. The first-order chi connectivity index (χ1) is 13.1. The summed E-state index contributed by atoms with van der Waals surface area (Å²) in [5.41, 5.74) is 2.00. The van der Waals surface area contributed by atoms with Crippen LogP contribution >= 0.6 is 0 Å². The summed E-state index contributed by atoms with van der Waals surface area (Å²) in [6.07, 6.45) is 3.44. The molecular formula is C21H19F2N3O. The van der Waals surface area contributed by atoms with Gasteiger partial charge in [-0.2, -0.15) is 0 Å². The normalized spacial score (nSPS) is 17.1. The van der Waals surface area contributed by atoms with Crippen LogP contribution in [-0.2, 0) is 0 Å². The molecule has 1 atom stereocenters. The number of hydrogen-bond donors (Lipinski definition) is 1. The fourth-order valence-electron chi connectivity index (χ4n) is 3.49. The molecule has 1 aromatic heterocycles. The molecule has 6 heteroatoms. The van der Waals surface area contributed by atoms with E-state index in [1.807, 2.05) is 24.3 Å². The van der Waals surface area contributed by atoms with E-state index >= 15 is 0 Å². The summed E-state index contributed by atoms with van der Waals surface area (Å²) in [4.78, 5) is 19.0. The molecule has 27 heavy (non-hydrogen) atoms. The number of hydrogen-bond acceptors (Lipinski definition) is 3. The predicted octanol–water partition coefficient (Wildman–Crippen LogP) is 4.23. The van der Waals surface area contributed by atoms with Gasteiger partial charge in [-0.3, -0.25) is 9.78 Å². The van der Waals surface area contributed by atoms with Crippen molar-refractivity contribution >= 4 is 22.5 Å². The van der Waals surface area contributed by atoms with Crippen molar-refractivity contribution in [3.05, 3.63) is 71.9 Å². The second-order valence-electron chi connectivity index (χ2n) is 6.77. The van der Waals surface area contributed by atoms with Crippen LogP contribution in [0, 0.1) is 11.6 Å². The van der Waals surface area contributed by atoms with Gasteiger partial charge in [0.1, 0.15) is 0 Å².